The Hall–Kier alpha value is -1.62. The quantitative estimate of drug-likeness (QED) is 0.860. The van der Waals surface area contributed by atoms with Gasteiger partial charge in [-0.25, -0.2) is 9.18 Å². The standard InChI is InChI=1S/C13H16FN3O/c14-10-1-3-11(4-2-10)16-7-8-17(13(16)18)12-5-6-15-9-12/h1-4,12,15H,5-9H2. The molecule has 0 bridgehead atoms. The van der Waals surface area contributed by atoms with Crippen LogP contribution in [0, 0.1) is 5.82 Å². The molecule has 0 aromatic heterocycles. The van der Waals surface area contributed by atoms with Gasteiger partial charge in [-0.1, -0.05) is 0 Å². The molecule has 1 N–H and O–H groups in total. The Morgan fingerprint density at radius 2 is 2.00 bits per heavy atom. The number of carbonyl (C=O) groups excluding carboxylic acids is 1. The van der Waals surface area contributed by atoms with Crippen molar-refractivity contribution in [2.45, 2.75) is 12.5 Å². The molecule has 3 rings (SSSR count). The maximum atomic E-state index is 12.9. The van der Waals surface area contributed by atoms with Gasteiger partial charge in [-0.05, 0) is 37.2 Å². The molecule has 2 amide bonds. The molecule has 0 spiro atoms. The van der Waals surface area contributed by atoms with Crippen molar-refractivity contribution in [2.24, 2.45) is 0 Å². The monoisotopic (exact) mass is 249 g/mol. The van der Waals surface area contributed by atoms with Crippen molar-refractivity contribution < 1.29 is 9.18 Å². The van der Waals surface area contributed by atoms with Crippen LogP contribution in [-0.4, -0.2) is 43.2 Å². The van der Waals surface area contributed by atoms with Crippen LogP contribution >= 0.6 is 0 Å². The van der Waals surface area contributed by atoms with E-state index in [9.17, 15) is 9.18 Å². The van der Waals surface area contributed by atoms with Gasteiger partial charge < -0.3 is 10.2 Å². The van der Waals surface area contributed by atoms with Gasteiger partial charge in [-0.2, -0.15) is 0 Å². The van der Waals surface area contributed by atoms with E-state index in [0.29, 0.717) is 12.6 Å². The molecule has 5 heteroatoms. The Morgan fingerprint density at radius 1 is 1.22 bits per heavy atom. The summed E-state index contributed by atoms with van der Waals surface area (Å²) in [6.07, 6.45) is 1.02. The van der Waals surface area contributed by atoms with Gasteiger partial charge in [0.25, 0.3) is 0 Å². The van der Waals surface area contributed by atoms with E-state index in [1.807, 2.05) is 4.90 Å². The van der Waals surface area contributed by atoms with Crippen molar-refractivity contribution in [1.82, 2.24) is 10.2 Å². The molecule has 0 radical (unpaired) electrons. The highest BCUT2D eigenvalue weighted by Crippen LogP contribution is 2.23. The fraction of sp³-hybridized carbons (Fsp3) is 0.462. The second-order valence-electron chi connectivity index (χ2n) is 4.75. The first kappa shape index (κ1) is 11.5. The van der Waals surface area contributed by atoms with Gasteiger partial charge in [0.05, 0.1) is 0 Å². The molecular weight excluding hydrogens is 233 g/mol. The number of halogens is 1. The molecule has 2 heterocycles. The van der Waals surface area contributed by atoms with Gasteiger partial charge in [0.2, 0.25) is 0 Å². The van der Waals surface area contributed by atoms with E-state index < -0.39 is 0 Å². The average Bonchev–Trinajstić information content (AvgIpc) is 2.99. The number of benzene rings is 1. The third-order valence-electron chi connectivity index (χ3n) is 3.65. The molecule has 1 aromatic carbocycles. The summed E-state index contributed by atoms with van der Waals surface area (Å²) >= 11 is 0. The van der Waals surface area contributed by atoms with Gasteiger partial charge >= 0.3 is 6.03 Å². The number of urea groups is 1. The highest BCUT2D eigenvalue weighted by Gasteiger charge is 2.35. The van der Waals surface area contributed by atoms with Crippen molar-refractivity contribution in [3.63, 3.8) is 0 Å². The van der Waals surface area contributed by atoms with Gasteiger partial charge in [-0.15, -0.1) is 0 Å². The summed E-state index contributed by atoms with van der Waals surface area (Å²) in [6, 6.07) is 6.44. The fourth-order valence-electron chi connectivity index (χ4n) is 2.66. The first-order valence-electron chi connectivity index (χ1n) is 6.30. The Balaban J connectivity index is 1.75. The molecule has 0 saturated carbocycles. The van der Waals surface area contributed by atoms with Crippen LogP contribution < -0.4 is 10.2 Å². The molecule has 1 unspecified atom stereocenters. The Morgan fingerprint density at radius 3 is 2.67 bits per heavy atom. The summed E-state index contributed by atoms with van der Waals surface area (Å²) in [5, 5.41) is 3.27. The lowest BCUT2D eigenvalue weighted by molar-refractivity contribution is 0.205. The maximum absolute atomic E-state index is 12.9. The number of nitrogens with one attached hydrogen (secondary N) is 1. The lowest BCUT2D eigenvalue weighted by atomic mass is 10.2. The Kier molecular flexibility index (Phi) is 2.91. The number of carbonyl (C=O) groups is 1. The topological polar surface area (TPSA) is 35.6 Å². The number of nitrogens with zero attached hydrogens (tertiary/aromatic N) is 2. The second kappa shape index (κ2) is 4.57. The van der Waals surface area contributed by atoms with Crippen molar-refractivity contribution in [3.05, 3.63) is 30.1 Å². The fourth-order valence-corrected chi connectivity index (χ4v) is 2.66. The van der Waals surface area contributed by atoms with Crippen molar-refractivity contribution >= 4 is 11.7 Å². The first-order valence-corrected chi connectivity index (χ1v) is 6.30. The van der Waals surface area contributed by atoms with Gasteiger partial charge in [0.1, 0.15) is 5.82 Å². The third-order valence-corrected chi connectivity index (χ3v) is 3.65. The SMILES string of the molecule is O=C1N(c2ccc(F)cc2)CCN1C1CCNC1. The van der Waals surface area contributed by atoms with Crippen LogP contribution in [0.3, 0.4) is 0 Å². The molecule has 96 valence electrons. The van der Waals surface area contributed by atoms with E-state index in [0.717, 1.165) is 31.7 Å². The summed E-state index contributed by atoms with van der Waals surface area (Å²) in [5.74, 6) is -0.276. The Bertz CT molecular complexity index is 442. The van der Waals surface area contributed by atoms with Crippen LogP contribution in [0.1, 0.15) is 6.42 Å². The van der Waals surface area contributed by atoms with E-state index in [-0.39, 0.29) is 11.8 Å². The normalized spacial score (nSPS) is 24.1. The number of anilines is 1. The summed E-state index contributed by atoms with van der Waals surface area (Å²) < 4.78 is 12.9. The van der Waals surface area contributed by atoms with Gasteiger partial charge in [-0.3, -0.25) is 4.90 Å². The van der Waals surface area contributed by atoms with E-state index >= 15 is 0 Å². The highest BCUT2D eigenvalue weighted by molar-refractivity contribution is 5.94. The van der Waals surface area contributed by atoms with E-state index in [1.54, 1.807) is 17.0 Å². The van der Waals surface area contributed by atoms with Crippen molar-refractivity contribution in [1.29, 1.82) is 0 Å². The minimum atomic E-state index is -0.276. The minimum Gasteiger partial charge on any atom is -0.318 e. The zero-order chi connectivity index (χ0) is 12.5. The minimum absolute atomic E-state index is 0.0373. The number of hydrogen-bond acceptors (Lipinski definition) is 2. The number of hydrogen-bond donors (Lipinski definition) is 1. The number of rotatable bonds is 2. The van der Waals surface area contributed by atoms with Crippen molar-refractivity contribution in [3.8, 4) is 0 Å². The molecule has 0 aliphatic carbocycles. The van der Waals surface area contributed by atoms with Crippen LogP contribution in [0.5, 0.6) is 0 Å². The molecule has 18 heavy (non-hydrogen) atoms. The summed E-state index contributed by atoms with van der Waals surface area (Å²) in [4.78, 5) is 15.9. The predicted octanol–water partition coefficient (Wildman–Crippen LogP) is 1.43. The Labute approximate surface area is 105 Å². The lowest BCUT2D eigenvalue weighted by Crippen LogP contribution is -2.40. The highest BCUT2D eigenvalue weighted by atomic mass is 19.1. The maximum Gasteiger partial charge on any atom is 0.324 e. The third kappa shape index (κ3) is 1.95. The zero-order valence-corrected chi connectivity index (χ0v) is 10.1. The summed E-state index contributed by atoms with van der Waals surface area (Å²) in [7, 11) is 0. The van der Waals surface area contributed by atoms with Crippen molar-refractivity contribution in [2.75, 3.05) is 31.1 Å². The van der Waals surface area contributed by atoms with Crippen LogP contribution in [0.2, 0.25) is 0 Å². The summed E-state index contributed by atoms with van der Waals surface area (Å²) in [6.45, 7) is 3.29. The van der Waals surface area contributed by atoms with Crippen LogP contribution in [0.15, 0.2) is 24.3 Å². The molecule has 2 aliphatic heterocycles. The molecule has 2 fully saturated rings. The van der Waals surface area contributed by atoms with Crippen LogP contribution in [-0.2, 0) is 0 Å². The average molecular weight is 249 g/mol. The molecule has 2 aliphatic rings. The number of amides is 2. The second-order valence-corrected chi connectivity index (χ2v) is 4.75. The molecular formula is C13H16FN3O. The lowest BCUT2D eigenvalue weighted by Gasteiger charge is -2.23. The van der Waals surface area contributed by atoms with Crippen LogP contribution in [0.4, 0.5) is 14.9 Å². The largest absolute Gasteiger partial charge is 0.324 e. The first-order chi connectivity index (χ1) is 8.75. The van der Waals surface area contributed by atoms with Crippen LogP contribution in [0.25, 0.3) is 0 Å². The molecule has 1 aromatic rings. The smallest absolute Gasteiger partial charge is 0.318 e. The van der Waals surface area contributed by atoms with E-state index in [2.05, 4.69) is 5.32 Å². The predicted molar refractivity (Wildman–Crippen MR) is 67.1 cm³/mol. The summed E-state index contributed by atoms with van der Waals surface area (Å²) in [5.41, 5.74) is 0.773. The van der Waals surface area contributed by atoms with E-state index in [4.69, 9.17) is 0 Å². The molecule has 2 saturated heterocycles. The van der Waals surface area contributed by atoms with E-state index in [1.165, 1.54) is 12.1 Å². The van der Waals surface area contributed by atoms with Gasteiger partial charge in [0, 0.05) is 31.4 Å². The molecule has 4 nitrogen and oxygen atoms in total. The molecule has 1 atom stereocenters. The van der Waals surface area contributed by atoms with Gasteiger partial charge in [0.15, 0.2) is 0 Å². The zero-order valence-electron chi connectivity index (χ0n) is 10.1.